The summed E-state index contributed by atoms with van der Waals surface area (Å²) in [6.45, 7) is 8.31. The summed E-state index contributed by atoms with van der Waals surface area (Å²) in [4.78, 5) is 40.6. The van der Waals surface area contributed by atoms with Crippen molar-refractivity contribution in [1.29, 1.82) is 0 Å². The van der Waals surface area contributed by atoms with Gasteiger partial charge in [0.1, 0.15) is 46.2 Å². The third-order valence-electron chi connectivity index (χ3n) is 8.57. The van der Waals surface area contributed by atoms with Crippen LogP contribution in [0, 0.1) is 6.92 Å². The van der Waals surface area contributed by atoms with Crippen LogP contribution in [0.5, 0.6) is 28.7 Å². The van der Waals surface area contributed by atoms with E-state index in [0.29, 0.717) is 5.56 Å². The van der Waals surface area contributed by atoms with Crippen LogP contribution in [0.3, 0.4) is 0 Å². The number of esters is 2. The Balaban J connectivity index is 1.56. The molecule has 2 heterocycles. The van der Waals surface area contributed by atoms with Crippen molar-refractivity contribution < 1.29 is 63.2 Å². The van der Waals surface area contributed by atoms with Crippen molar-refractivity contribution in [1.82, 2.24) is 0 Å². The lowest BCUT2D eigenvalue weighted by atomic mass is 9.71. The molecule has 13 nitrogen and oxygen atoms in total. The number of carbonyl (C=O) groups is 3. The van der Waals surface area contributed by atoms with Gasteiger partial charge in [0, 0.05) is 18.9 Å². The van der Waals surface area contributed by atoms with Gasteiger partial charge in [-0.2, -0.15) is 0 Å². The van der Waals surface area contributed by atoms with Crippen molar-refractivity contribution in [3.63, 3.8) is 0 Å². The summed E-state index contributed by atoms with van der Waals surface area (Å²) >= 11 is 0. The summed E-state index contributed by atoms with van der Waals surface area (Å²) in [5.74, 6) is -4.37. The van der Waals surface area contributed by atoms with Gasteiger partial charge in [0.2, 0.25) is 5.78 Å². The lowest BCUT2D eigenvalue weighted by molar-refractivity contribution is -0.166. The number of allylic oxidation sites excluding steroid dienone is 1. The highest BCUT2D eigenvalue weighted by atomic mass is 16.7. The second kappa shape index (κ2) is 11.6. The number of hydrogen-bond donors (Lipinski definition) is 4. The number of methoxy groups -OCH3 is 2. The van der Waals surface area contributed by atoms with Crippen LogP contribution in [-0.2, 0) is 23.7 Å². The van der Waals surface area contributed by atoms with Gasteiger partial charge >= 0.3 is 11.9 Å². The Hall–Kier alpha value is -4.17. The molecule has 248 valence electrons. The third-order valence-corrected chi connectivity index (χ3v) is 8.57. The van der Waals surface area contributed by atoms with E-state index in [1.54, 1.807) is 13.0 Å². The average Bonchev–Trinajstić information content (AvgIpc) is 3.59. The fraction of sp³-hybridized carbons (Fsp3) is 0.485. The topological polar surface area (TPSA) is 191 Å². The molecule has 6 atom stereocenters. The highest BCUT2D eigenvalue weighted by molar-refractivity contribution is 6.02. The van der Waals surface area contributed by atoms with Gasteiger partial charge in [-0.05, 0) is 58.4 Å². The van der Waals surface area contributed by atoms with Crippen LogP contribution >= 0.6 is 0 Å². The van der Waals surface area contributed by atoms with Gasteiger partial charge in [-0.3, -0.25) is 4.79 Å². The number of benzene rings is 2. The number of Topliss-reactive ketones (excluding diaryl/α,β-unsaturated/α-hetero) is 1. The first-order valence-electron chi connectivity index (χ1n) is 14.6. The van der Waals surface area contributed by atoms with Crippen LogP contribution in [-0.4, -0.2) is 93.6 Å². The first kappa shape index (κ1) is 33.2. The number of phenols is 2. The lowest BCUT2D eigenvalue weighted by Gasteiger charge is -2.39. The number of fused-ring (bicyclic) bond motifs is 3. The monoisotopic (exact) mass is 642 g/mol. The van der Waals surface area contributed by atoms with Gasteiger partial charge in [-0.1, -0.05) is 11.6 Å². The second-order valence-electron chi connectivity index (χ2n) is 12.7. The first-order chi connectivity index (χ1) is 21.5. The fourth-order valence-electron chi connectivity index (χ4n) is 6.09. The SMILES string of the molecule is COC(=O)c1cc(O)cc(OC)c1Oc1cc(C)cc(O)c1C(=O)OC1C(=O)C2(CC=C(C)C)OC2C2OC(C(C)(C)O)CC12O. The van der Waals surface area contributed by atoms with Crippen LogP contribution in [0.15, 0.2) is 35.9 Å². The van der Waals surface area contributed by atoms with Crippen LogP contribution in [0.4, 0.5) is 0 Å². The standard InChI is InChI=1S/C33H38O13/c1-15(2)8-9-33-25(36)26(32(40)14-22(31(4,5)39)44-27(32)28(33)46-33)45-30(38)23-19(35)10-16(3)11-20(23)43-24-18(29(37)42-7)12-17(34)13-21(24)41-6/h8,10-13,22,26-28,34-35,39-40H,9,14H2,1-7H3. The van der Waals surface area contributed by atoms with Crippen LogP contribution in [0.2, 0.25) is 0 Å². The summed E-state index contributed by atoms with van der Waals surface area (Å²) in [6, 6.07) is 4.88. The molecule has 0 amide bonds. The van der Waals surface area contributed by atoms with Crippen molar-refractivity contribution in [3.05, 3.63) is 52.6 Å². The van der Waals surface area contributed by atoms with Crippen LogP contribution in [0.1, 0.15) is 66.8 Å². The van der Waals surface area contributed by atoms with Crippen LogP contribution < -0.4 is 9.47 Å². The molecule has 2 aromatic carbocycles. The first-order valence-corrected chi connectivity index (χ1v) is 14.6. The number of rotatable bonds is 9. The van der Waals surface area contributed by atoms with Gasteiger partial charge < -0.3 is 48.8 Å². The molecule has 0 radical (unpaired) electrons. The summed E-state index contributed by atoms with van der Waals surface area (Å²) < 4.78 is 33.8. The van der Waals surface area contributed by atoms with E-state index in [9.17, 15) is 34.8 Å². The predicted octanol–water partition coefficient (Wildman–Crippen LogP) is 3.26. The van der Waals surface area contributed by atoms with E-state index < -0.39 is 70.3 Å². The summed E-state index contributed by atoms with van der Waals surface area (Å²) in [5.41, 5.74) is -4.35. The average molecular weight is 643 g/mol. The minimum atomic E-state index is -2.08. The number of phenolic OH excluding ortho intramolecular Hbond substituents is 2. The Morgan fingerprint density at radius 3 is 2.37 bits per heavy atom. The molecule has 0 spiro atoms. The predicted molar refractivity (Wildman–Crippen MR) is 159 cm³/mol. The van der Waals surface area contributed by atoms with Gasteiger partial charge in [0.25, 0.3) is 0 Å². The van der Waals surface area contributed by atoms with E-state index in [1.807, 2.05) is 13.8 Å². The van der Waals surface area contributed by atoms with E-state index in [0.717, 1.165) is 18.7 Å². The number of carbonyl (C=O) groups excluding carboxylic acids is 3. The maximum atomic E-state index is 14.1. The molecule has 2 saturated heterocycles. The number of ether oxygens (including phenoxy) is 6. The molecular weight excluding hydrogens is 604 g/mol. The second-order valence-corrected chi connectivity index (χ2v) is 12.7. The Morgan fingerprint density at radius 2 is 1.76 bits per heavy atom. The van der Waals surface area contributed by atoms with Crippen molar-refractivity contribution in [2.75, 3.05) is 14.2 Å². The zero-order valence-electron chi connectivity index (χ0n) is 26.6. The normalized spacial score (nSPS) is 28.1. The fourth-order valence-corrected chi connectivity index (χ4v) is 6.09. The molecule has 1 saturated carbocycles. The zero-order chi connectivity index (χ0) is 33.9. The highest BCUT2D eigenvalue weighted by Crippen LogP contribution is 2.58. The molecule has 2 aliphatic heterocycles. The number of ketones is 1. The number of aliphatic hydroxyl groups is 2. The van der Waals surface area contributed by atoms with Gasteiger partial charge in [-0.25, -0.2) is 9.59 Å². The summed E-state index contributed by atoms with van der Waals surface area (Å²) in [5, 5.41) is 43.8. The minimum Gasteiger partial charge on any atom is -0.508 e. The van der Waals surface area contributed by atoms with Crippen molar-refractivity contribution >= 4 is 17.7 Å². The molecule has 46 heavy (non-hydrogen) atoms. The molecule has 13 heteroatoms. The summed E-state index contributed by atoms with van der Waals surface area (Å²) in [6.07, 6.45) is -3.01. The molecular formula is C33H38O13. The highest BCUT2D eigenvalue weighted by Gasteiger charge is 2.79. The Labute approximate surface area is 265 Å². The number of epoxide rings is 1. The smallest absolute Gasteiger partial charge is 0.346 e. The molecule has 4 N–H and O–H groups in total. The summed E-state index contributed by atoms with van der Waals surface area (Å²) in [7, 11) is 2.39. The van der Waals surface area contributed by atoms with Gasteiger partial charge in [0.15, 0.2) is 23.2 Å². The number of aryl methyl sites for hydroxylation is 1. The number of aromatic hydroxyl groups is 2. The molecule has 0 aromatic heterocycles. The largest absolute Gasteiger partial charge is 0.508 e. The van der Waals surface area contributed by atoms with E-state index in [-0.39, 0.29) is 41.4 Å². The van der Waals surface area contributed by atoms with Crippen molar-refractivity contribution in [2.24, 2.45) is 0 Å². The third kappa shape index (κ3) is 5.57. The Kier molecular flexibility index (Phi) is 8.35. The maximum Gasteiger partial charge on any atom is 0.346 e. The molecule has 2 aromatic rings. The number of hydrogen-bond acceptors (Lipinski definition) is 13. The molecule has 1 aliphatic carbocycles. The zero-order valence-corrected chi connectivity index (χ0v) is 26.6. The molecule has 3 fully saturated rings. The van der Waals surface area contributed by atoms with Gasteiger partial charge in [-0.15, -0.1) is 0 Å². The molecule has 6 unspecified atom stereocenters. The maximum absolute atomic E-state index is 14.1. The molecule has 5 rings (SSSR count). The van der Waals surface area contributed by atoms with E-state index in [1.165, 1.54) is 39.2 Å². The van der Waals surface area contributed by atoms with Gasteiger partial charge in [0.05, 0.1) is 25.9 Å². The Bertz CT molecular complexity index is 1620. The van der Waals surface area contributed by atoms with Crippen LogP contribution in [0.25, 0.3) is 0 Å². The minimum absolute atomic E-state index is 0.0979. The van der Waals surface area contributed by atoms with Crippen molar-refractivity contribution in [2.45, 2.75) is 88.7 Å². The van der Waals surface area contributed by atoms with E-state index in [2.05, 4.69) is 0 Å². The van der Waals surface area contributed by atoms with E-state index >= 15 is 0 Å². The Morgan fingerprint density at radius 1 is 1.07 bits per heavy atom. The quantitative estimate of drug-likeness (QED) is 0.177. The lowest BCUT2D eigenvalue weighted by Crippen LogP contribution is -2.64. The van der Waals surface area contributed by atoms with E-state index in [4.69, 9.17) is 28.4 Å². The molecule has 0 bridgehead atoms. The molecule has 3 aliphatic rings. The van der Waals surface area contributed by atoms with Crippen molar-refractivity contribution in [3.8, 4) is 28.7 Å².